The summed E-state index contributed by atoms with van der Waals surface area (Å²) in [5.74, 6) is 1.02. The number of methoxy groups -OCH3 is 1. The zero-order chi connectivity index (χ0) is 17.0. The Kier molecular flexibility index (Phi) is 5.71. The van der Waals surface area contributed by atoms with Crippen LogP contribution in [0.4, 0.5) is 4.79 Å². The van der Waals surface area contributed by atoms with Crippen molar-refractivity contribution >= 4 is 29.0 Å². The average Bonchev–Trinajstić information content (AvgIpc) is 2.81. The van der Waals surface area contributed by atoms with E-state index in [9.17, 15) is 9.59 Å². The van der Waals surface area contributed by atoms with Crippen molar-refractivity contribution in [1.29, 1.82) is 0 Å². The number of thioether (sulfide) groups is 1. The molecule has 1 atom stereocenters. The first-order chi connectivity index (χ1) is 11.0. The largest absolute Gasteiger partial charge is 0.493 e. The van der Waals surface area contributed by atoms with Gasteiger partial charge in [-0.05, 0) is 55.8 Å². The minimum absolute atomic E-state index is 0.0933. The Balaban J connectivity index is 2.26. The third-order valence-electron chi connectivity index (χ3n) is 3.58. The van der Waals surface area contributed by atoms with Gasteiger partial charge in [0.25, 0.3) is 11.1 Å². The van der Waals surface area contributed by atoms with Gasteiger partial charge in [-0.25, -0.2) is 0 Å². The lowest BCUT2D eigenvalue weighted by Crippen LogP contribution is -2.27. The molecule has 1 aliphatic rings. The predicted molar refractivity (Wildman–Crippen MR) is 91.7 cm³/mol. The van der Waals surface area contributed by atoms with Crippen LogP contribution in [0.15, 0.2) is 23.1 Å². The molecule has 0 unspecified atom stereocenters. The lowest BCUT2D eigenvalue weighted by molar-refractivity contribution is -0.122. The van der Waals surface area contributed by atoms with Crippen LogP contribution >= 0.6 is 11.8 Å². The standard InChI is InChI=1S/C17H21NO4S/c1-5-11(3)22-13-8-7-12(9-14(13)21-4)10-15-16(19)18(6-2)17(20)23-15/h7-11H,5-6H2,1-4H3/b15-10-/t11-/m1/s1. The lowest BCUT2D eigenvalue weighted by atomic mass is 10.1. The molecule has 0 aromatic heterocycles. The third-order valence-corrected chi connectivity index (χ3v) is 4.49. The van der Waals surface area contributed by atoms with Crippen LogP contribution in [-0.4, -0.2) is 35.8 Å². The van der Waals surface area contributed by atoms with Crippen LogP contribution in [0, 0.1) is 0 Å². The zero-order valence-electron chi connectivity index (χ0n) is 13.8. The van der Waals surface area contributed by atoms with E-state index in [-0.39, 0.29) is 17.3 Å². The predicted octanol–water partition coefficient (Wildman–Crippen LogP) is 3.93. The topological polar surface area (TPSA) is 55.8 Å². The van der Waals surface area contributed by atoms with Gasteiger partial charge < -0.3 is 9.47 Å². The summed E-state index contributed by atoms with van der Waals surface area (Å²) >= 11 is 0.960. The Labute approximate surface area is 140 Å². The number of hydrogen-bond acceptors (Lipinski definition) is 5. The molecule has 0 saturated carbocycles. The number of imide groups is 1. The number of likely N-dealkylation sites (N-methyl/N-ethyl adjacent to an activating group) is 1. The van der Waals surface area contributed by atoms with Crippen molar-refractivity contribution in [3.63, 3.8) is 0 Å². The maximum absolute atomic E-state index is 12.1. The Morgan fingerprint density at radius 1 is 1.26 bits per heavy atom. The number of carbonyl (C=O) groups is 2. The highest BCUT2D eigenvalue weighted by atomic mass is 32.2. The molecule has 2 rings (SSSR count). The summed E-state index contributed by atoms with van der Waals surface area (Å²) in [5, 5.41) is -0.229. The van der Waals surface area contributed by atoms with Gasteiger partial charge in [-0.2, -0.15) is 0 Å². The van der Waals surface area contributed by atoms with Gasteiger partial charge in [0.2, 0.25) is 0 Å². The third kappa shape index (κ3) is 3.88. The minimum Gasteiger partial charge on any atom is -0.493 e. The molecule has 0 aliphatic carbocycles. The van der Waals surface area contributed by atoms with Crippen molar-refractivity contribution < 1.29 is 19.1 Å². The Morgan fingerprint density at radius 3 is 2.57 bits per heavy atom. The number of benzene rings is 1. The van der Waals surface area contributed by atoms with Crippen LogP contribution in [0.1, 0.15) is 32.8 Å². The summed E-state index contributed by atoms with van der Waals surface area (Å²) in [6, 6.07) is 5.47. The molecule has 1 heterocycles. The van der Waals surface area contributed by atoms with Crippen LogP contribution < -0.4 is 9.47 Å². The molecule has 6 heteroatoms. The number of ether oxygens (including phenoxy) is 2. The summed E-state index contributed by atoms with van der Waals surface area (Å²) in [4.78, 5) is 25.5. The summed E-state index contributed by atoms with van der Waals surface area (Å²) in [7, 11) is 1.58. The van der Waals surface area contributed by atoms with E-state index < -0.39 is 0 Å². The van der Waals surface area contributed by atoms with E-state index in [0.29, 0.717) is 22.9 Å². The lowest BCUT2D eigenvalue weighted by Gasteiger charge is -2.15. The fraction of sp³-hybridized carbons (Fsp3) is 0.412. The van der Waals surface area contributed by atoms with Crippen molar-refractivity contribution in [2.75, 3.05) is 13.7 Å². The van der Waals surface area contributed by atoms with Gasteiger partial charge in [0.15, 0.2) is 11.5 Å². The first kappa shape index (κ1) is 17.4. The molecule has 1 fully saturated rings. The van der Waals surface area contributed by atoms with Crippen LogP contribution in [0.5, 0.6) is 11.5 Å². The van der Waals surface area contributed by atoms with Crippen molar-refractivity contribution in [3.8, 4) is 11.5 Å². The van der Waals surface area contributed by atoms with E-state index >= 15 is 0 Å². The second-order valence-electron chi connectivity index (χ2n) is 5.17. The normalized spacial score (nSPS) is 17.7. The number of carbonyl (C=O) groups excluding carboxylic acids is 2. The molecule has 124 valence electrons. The first-order valence-electron chi connectivity index (χ1n) is 7.60. The Morgan fingerprint density at radius 2 is 2.00 bits per heavy atom. The number of amides is 2. The average molecular weight is 335 g/mol. The van der Waals surface area contributed by atoms with Gasteiger partial charge in [0.05, 0.1) is 18.1 Å². The molecular weight excluding hydrogens is 314 g/mol. The summed E-state index contributed by atoms with van der Waals surface area (Å²) in [5.41, 5.74) is 0.792. The second kappa shape index (κ2) is 7.55. The molecule has 0 radical (unpaired) electrons. The van der Waals surface area contributed by atoms with Crippen molar-refractivity contribution in [3.05, 3.63) is 28.7 Å². The molecule has 1 saturated heterocycles. The van der Waals surface area contributed by atoms with E-state index in [4.69, 9.17) is 9.47 Å². The number of nitrogens with zero attached hydrogens (tertiary/aromatic N) is 1. The smallest absolute Gasteiger partial charge is 0.293 e. The highest BCUT2D eigenvalue weighted by Gasteiger charge is 2.33. The Hall–Kier alpha value is -1.95. The van der Waals surface area contributed by atoms with E-state index in [1.807, 2.05) is 19.1 Å². The quantitative estimate of drug-likeness (QED) is 0.737. The molecular formula is C17H21NO4S. The van der Waals surface area contributed by atoms with Gasteiger partial charge in [-0.3, -0.25) is 14.5 Å². The molecule has 2 amide bonds. The number of hydrogen-bond donors (Lipinski definition) is 0. The fourth-order valence-electron chi connectivity index (χ4n) is 2.10. The van der Waals surface area contributed by atoms with Crippen molar-refractivity contribution in [1.82, 2.24) is 4.90 Å². The Bertz CT molecular complexity index is 641. The molecule has 1 aromatic rings. The van der Waals surface area contributed by atoms with Gasteiger partial charge in [-0.1, -0.05) is 13.0 Å². The number of rotatable bonds is 6. The van der Waals surface area contributed by atoms with Crippen LogP contribution in [0.25, 0.3) is 6.08 Å². The van der Waals surface area contributed by atoms with Crippen LogP contribution in [-0.2, 0) is 4.79 Å². The van der Waals surface area contributed by atoms with Gasteiger partial charge >= 0.3 is 0 Å². The van der Waals surface area contributed by atoms with E-state index in [2.05, 4.69) is 6.92 Å². The molecule has 1 aromatic carbocycles. The molecule has 1 aliphatic heterocycles. The van der Waals surface area contributed by atoms with E-state index in [0.717, 1.165) is 23.7 Å². The fourth-order valence-corrected chi connectivity index (χ4v) is 3.00. The molecule has 5 nitrogen and oxygen atoms in total. The van der Waals surface area contributed by atoms with Crippen LogP contribution in [0.3, 0.4) is 0 Å². The van der Waals surface area contributed by atoms with Gasteiger partial charge in [0, 0.05) is 6.54 Å². The summed E-state index contributed by atoms with van der Waals surface area (Å²) < 4.78 is 11.2. The zero-order valence-corrected chi connectivity index (χ0v) is 14.6. The van der Waals surface area contributed by atoms with E-state index in [1.54, 1.807) is 26.2 Å². The molecule has 0 spiro atoms. The van der Waals surface area contributed by atoms with E-state index in [1.165, 1.54) is 4.90 Å². The minimum atomic E-state index is -0.249. The summed E-state index contributed by atoms with van der Waals surface area (Å²) in [6.45, 7) is 6.21. The van der Waals surface area contributed by atoms with Crippen LogP contribution in [0.2, 0.25) is 0 Å². The molecule has 0 N–H and O–H groups in total. The maximum Gasteiger partial charge on any atom is 0.293 e. The van der Waals surface area contributed by atoms with Gasteiger partial charge in [0.1, 0.15) is 0 Å². The highest BCUT2D eigenvalue weighted by Crippen LogP contribution is 2.34. The first-order valence-corrected chi connectivity index (χ1v) is 8.41. The SMILES string of the molecule is CC[C@@H](C)Oc1ccc(/C=C2\SC(=O)N(CC)C2=O)cc1OC. The highest BCUT2D eigenvalue weighted by molar-refractivity contribution is 8.18. The van der Waals surface area contributed by atoms with Crippen molar-refractivity contribution in [2.24, 2.45) is 0 Å². The molecule has 23 heavy (non-hydrogen) atoms. The van der Waals surface area contributed by atoms with Gasteiger partial charge in [-0.15, -0.1) is 0 Å². The molecule has 0 bridgehead atoms. The second-order valence-corrected chi connectivity index (χ2v) is 6.17. The summed E-state index contributed by atoms with van der Waals surface area (Å²) in [6.07, 6.45) is 2.70. The maximum atomic E-state index is 12.1. The van der Waals surface area contributed by atoms with Crippen molar-refractivity contribution in [2.45, 2.75) is 33.3 Å². The monoisotopic (exact) mass is 335 g/mol.